The SMILES string of the molecule is CC1(C)c2cc(C3=CCCC=C3)ccc2-c2c1c1ccccc1c1c2oc2c(N(c3ccc(-c4ccccc4)cc3)c3ccc(-c4ccccc4)cc3)cccc21. The highest BCUT2D eigenvalue weighted by Crippen LogP contribution is 2.57. The van der Waals surface area contributed by atoms with Crippen LogP contribution in [-0.2, 0) is 5.41 Å². The van der Waals surface area contributed by atoms with E-state index in [1.807, 2.05) is 0 Å². The Morgan fingerprint density at radius 3 is 1.72 bits per heavy atom. The minimum atomic E-state index is -0.220. The molecule has 0 saturated carbocycles. The summed E-state index contributed by atoms with van der Waals surface area (Å²) in [6.07, 6.45) is 9.15. The molecule has 57 heavy (non-hydrogen) atoms. The van der Waals surface area contributed by atoms with E-state index < -0.39 is 0 Å². The average Bonchev–Trinajstić information content (AvgIpc) is 3.78. The maximum absolute atomic E-state index is 7.38. The Hall–Kier alpha value is -6.90. The summed E-state index contributed by atoms with van der Waals surface area (Å²) in [5, 5.41) is 4.81. The number of rotatable bonds is 6. The van der Waals surface area contributed by atoms with Gasteiger partial charge in [0.2, 0.25) is 0 Å². The second-order valence-electron chi connectivity index (χ2n) is 15.9. The molecule has 2 heteroatoms. The van der Waals surface area contributed by atoms with Gasteiger partial charge >= 0.3 is 0 Å². The lowest BCUT2D eigenvalue weighted by molar-refractivity contribution is 0.657. The molecule has 272 valence electrons. The van der Waals surface area contributed by atoms with Gasteiger partial charge in [0.05, 0.1) is 5.69 Å². The highest BCUT2D eigenvalue weighted by Gasteiger charge is 2.40. The van der Waals surface area contributed by atoms with Crippen molar-refractivity contribution in [3.05, 3.63) is 205 Å². The van der Waals surface area contributed by atoms with Crippen LogP contribution in [-0.4, -0.2) is 0 Å². The molecule has 0 aliphatic heterocycles. The first-order chi connectivity index (χ1) is 28.0. The summed E-state index contributed by atoms with van der Waals surface area (Å²) < 4.78 is 7.38. The predicted octanol–water partition coefficient (Wildman–Crippen LogP) is 15.6. The van der Waals surface area contributed by atoms with Crippen LogP contribution in [0.15, 0.2) is 193 Å². The molecule has 0 radical (unpaired) electrons. The third-order valence-electron chi connectivity index (χ3n) is 12.3. The summed E-state index contributed by atoms with van der Waals surface area (Å²) in [5.41, 5.74) is 17.3. The Morgan fingerprint density at radius 1 is 0.509 bits per heavy atom. The van der Waals surface area contributed by atoms with Crippen molar-refractivity contribution >= 4 is 55.3 Å². The topological polar surface area (TPSA) is 16.4 Å². The number of benzene rings is 8. The van der Waals surface area contributed by atoms with Crippen LogP contribution in [0, 0.1) is 0 Å². The summed E-state index contributed by atoms with van der Waals surface area (Å²) in [5.74, 6) is 0. The van der Waals surface area contributed by atoms with Gasteiger partial charge in [0, 0.05) is 33.1 Å². The Morgan fingerprint density at radius 2 is 1.09 bits per heavy atom. The minimum Gasteiger partial charge on any atom is -0.453 e. The molecule has 8 aromatic carbocycles. The predicted molar refractivity (Wildman–Crippen MR) is 241 cm³/mol. The van der Waals surface area contributed by atoms with Crippen LogP contribution in [0.3, 0.4) is 0 Å². The van der Waals surface area contributed by atoms with Crippen molar-refractivity contribution < 1.29 is 4.42 Å². The summed E-state index contributed by atoms with van der Waals surface area (Å²) in [7, 11) is 0. The molecule has 9 aromatic rings. The van der Waals surface area contributed by atoms with Gasteiger partial charge in [-0.3, -0.25) is 0 Å². The molecular weight excluding hydrogens is 691 g/mol. The molecule has 11 rings (SSSR count). The van der Waals surface area contributed by atoms with Gasteiger partial charge in [-0.1, -0.05) is 166 Å². The number of para-hydroxylation sites is 1. The summed E-state index contributed by atoms with van der Waals surface area (Å²) in [6, 6.07) is 61.7. The lowest BCUT2D eigenvalue weighted by atomic mass is 9.79. The van der Waals surface area contributed by atoms with Gasteiger partial charge in [-0.15, -0.1) is 0 Å². The fourth-order valence-electron chi connectivity index (χ4n) is 9.51. The summed E-state index contributed by atoms with van der Waals surface area (Å²) in [4.78, 5) is 2.35. The number of anilines is 3. The molecule has 1 heterocycles. The van der Waals surface area contributed by atoms with E-state index in [4.69, 9.17) is 4.42 Å². The van der Waals surface area contributed by atoms with E-state index in [9.17, 15) is 0 Å². The van der Waals surface area contributed by atoms with Crippen LogP contribution >= 0.6 is 0 Å². The molecule has 2 aliphatic rings. The van der Waals surface area contributed by atoms with Gasteiger partial charge in [-0.25, -0.2) is 0 Å². The molecule has 0 N–H and O–H groups in total. The van der Waals surface area contributed by atoms with Crippen LogP contribution < -0.4 is 4.90 Å². The average molecular weight is 732 g/mol. The van der Waals surface area contributed by atoms with Crippen LogP contribution in [0.2, 0.25) is 0 Å². The molecule has 0 unspecified atom stereocenters. The molecular formula is C55H41NO. The Labute approximate surface area is 333 Å². The van der Waals surface area contributed by atoms with Crippen molar-refractivity contribution in [3.63, 3.8) is 0 Å². The van der Waals surface area contributed by atoms with Crippen molar-refractivity contribution in [2.24, 2.45) is 0 Å². The van der Waals surface area contributed by atoms with E-state index in [-0.39, 0.29) is 5.41 Å². The minimum absolute atomic E-state index is 0.220. The normalized spacial score (nSPS) is 14.2. The van der Waals surface area contributed by atoms with Crippen molar-refractivity contribution in [3.8, 4) is 33.4 Å². The molecule has 2 aliphatic carbocycles. The number of hydrogen-bond acceptors (Lipinski definition) is 2. The fourth-order valence-corrected chi connectivity index (χ4v) is 9.51. The Balaban J connectivity index is 1.15. The van der Waals surface area contributed by atoms with Gasteiger partial charge in [0.1, 0.15) is 5.58 Å². The zero-order chi connectivity index (χ0) is 38.1. The van der Waals surface area contributed by atoms with E-state index in [0.717, 1.165) is 46.5 Å². The van der Waals surface area contributed by atoms with Gasteiger partial charge in [0.15, 0.2) is 5.58 Å². The zero-order valence-electron chi connectivity index (χ0n) is 32.2. The Kier molecular flexibility index (Phi) is 7.69. The molecule has 2 nitrogen and oxygen atoms in total. The standard InChI is InChI=1S/C55H41NO/c1-55(2)48-35-41(38-19-10-5-11-20-38)29-34-46(48)51-52(55)45-22-13-12-21-44(45)50-47-23-14-24-49(53(47)57-54(50)51)56(42-30-25-39(26-31-42)36-15-6-3-7-16-36)43-32-27-40(28-33-43)37-17-8-4-9-18-37/h3-4,6-10,12-35H,5,11H2,1-2H3. The van der Waals surface area contributed by atoms with E-state index >= 15 is 0 Å². The van der Waals surface area contributed by atoms with Gasteiger partial charge < -0.3 is 9.32 Å². The first kappa shape index (κ1) is 33.4. The van der Waals surface area contributed by atoms with E-state index in [0.29, 0.717) is 0 Å². The molecule has 0 bridgehead atoms. The lowest BCUT2D eigenvalue weighted by Crippen LogP contribution is -2.15. The van der Waals surface area contributed by atoms with Crippen molar-refractivity contribution in [1.29, 1.82) is 0 Å². The van der Waals surface area contributed by atoms with Gasteiger partial charge in [-0.05, 0) is 110 Å². The monoisotopic (exact) mass is 731 g/mol. The van der Waals surface area contributed by atoms with E-state index in [1.165, 1.54) is 71.8 Å². The molecule has 0 saturated heterocycles. The van der Waals surface area contributed by atoms with E-state index in [2.05, 4.69) is 207 Å². The van der Waals surface area contributed by atoms with Crippen LogP contribution in [0.1, 0.15) is 43.4 Å². The summed E-state index contributed by atoms with van der Waals surface area (Å²) in [6.45, 7) is 4.78. The van der Waals surface area contributed by atoms with Gasteiger partial charge in [0.25, 0.3) is 0 Å². The van der Waals surface area contributed by atoms with Crippen molar-refractivity contribution in [2.45, 2.75) is 32.1 Å². The molecule has 0 spiro atoms. The first-order valence-electron chi connectivity index (χ1n) is 20.1. The number of allylic oxidation sites excluding steroid dienone is 4. The van der Waals surface area contributed by atoms with Crippen LogP contribution in [0.5, 0.6) is 0 Å². The second kappa shape index (κ2) is 13.1. The summed E-state index contributed by atoms with van der Waals surface area (Å²) >= 11 is 0. The maximum atomic E-state index is 7.38. The lowest BCUT2D eigenvalue weighted by Gasteiger charge is -2.26. The molecule has 0 fully saturated rings. The quantitative estimate of drug-likeness (QED) is 0.169. The van der Waals surface area contributed by atoms with Crippen LogP contribution in [0.4, 0.5) is 17.1 Å². The zero-order valence-corrected chi connectivity index (χ0v) is 32.2. The maximum Gasteiger partial charge on any atom is 0.159 e. The third kappa shape index (κ3) is 5.32. The van der Waals surface area contributed by atoms with Crippen molar-refractivity contribution in [1.82, 2.24) is 0 Å². The van der Waals surface area contributed by atoms with Crippen LogP contribution in [0.25, 0.3) is 71.7 Å². The first-order valence-corrected chi connectivity index (χ1v) is 20.1. The van der Waals surface area contributed by atoms with Crippen molar-refractivity contribution in [2.75, 3.05) is 4.90 Å². The number of furan rings is 1. The number of hydrogen-bond donors (Lipinski definition) is 0. The fraction of sp³-hybridized carbons (Fsp3) is 0.0909. The molecule has 0 amide bonds. The largest absolute Gasteiger partial charge is 0.453 e. The Bertz CT molecular complexity index is 2970. The highest BCUT2D eigenvalue weighted by molar-refractivity contribution is 6.26. The number of nitrogens with zero attached hydrogens (tertiary/aromatic N) is 1. The van der Waals surface area contributed by atoms with E-state index in [1.54, 1.807) is 0 Å². The third-order valence-corrected chi connectivity index (χ3v) is 12.3. The highest BCUT2D eigenvalue weighted by atomic mass is 16.3. The number of fused-ring (bicyclic) bond motifs is 10. The molecule has 0 atom stereocenters. The molecule has 1 aromatic heterocycles. The van der Waals surface area contributed by atoms with Gasteiger partial charge in [-0.2, -0.15) is 0 Å². The smallest absolute Gasteiger partial charge is 0.159 e. The second-order valence-corrected chi connectivity index (χ2v) is 15.9.